The summed E-state index contributed by atoms with van der Waals surface area (Å²) in [4.78, 5) is 16.6. The Morgan fingerprint density at radius 3 is 2.48 bits per heavy atom. The lowest BCUT2D eigenvalue weighted by molar-refractivity contribution is -0.154. The SMILES string of the molecule is CC1CCCC(CN2CCC(CN(C)C)CC2)(C(=O)O)C1. The topological polar surface area (TPSA) is 43.8 Å². The predicted molar refractivity (Wildman–Crippen MR) is 85.4 cm³/mol. The minimum absolute atomic E-state index is 0.480. The van der Waals surface area contributed by atoms with Crippen molar-refractivity contribution in [1.82, 2.24) is 9.80 Å². The van der Waals surface area contributed by atoms with Crippen LogP contribution >= 0.6 is 0 Å². The summed E-state index contributed by atoms with van der Waals surface area (Å²) in [5.41, 5.74) is -0.480. The number of nitrogens with zero attached hydrogens (tertiary/aromatic N) is 2. The summed E-state index contributed by atoms with van der Waals surface area (Å²) in [7, 11) is 4.27. The zero-order valence-corrected chi connectivity index (χ0v) is 14.0. The molecular weight excluding hydrogens is 264 g/mol. The van der Waals surface area contributed by atoms with E-state index in [1.54, 1.807) is 0 Å². The smallest absolute Gasteiger partial charge is 0.310 e. The molecule has 0 bridgehead atoms. The molecule has 2 unspecified atom stereocenters. The molecule has 0 spiro atoms. The molecule has 1 saturated carbocycles. The van der Waals surface area contributed by atoms with Gasteiger partial charge in [0.1, 0.15) is 0 Å². The third-order valence-corrected chi connectivity index (χ3v) is 5.40. The Balaban J connectivity index is 1.89. The number of carboxylic acid groups (broad SMARTS) is 1. The largest absolute Gasteiger partial charge is 0.481 e. The summed E-state index contributed by atoms with van der Waals surface area (Å²) < 4.78 is 0. The number of piperidine rings is 1. The highest BCUT2D eigenvalue weighted by atomic mass is 16.4. The molecule has 0 aromatic carbocycles. The second kappa shape index (κ2) is 7.10. The van der Waals surface area contributed by atoms with Crippen LogP contribution in [0.3, 0.4) is 0 Å². The van der Waals surface area contributed by atoms with Crippen molar-refractivity contribution in [2.45, 2.75) is 45.4 Å². The van der Waals surface area contributed by atoms with Gasteiger partial charge in [-0.15, -0.1) is 0 Å². The van der Waals surface area contributed by atoms with E-state index in [9.17, 15) is 9.90 Å². The maximum Gasteiger partial charge on any atom is 0.310 e. The fourth-order valence-electron chi connectivity index (χ4n) is 4.34. The van der Waals surface area contributed by atoms with Gasteiger partial charge in [0.15, 0.2) is 0 Å². The Kier molecular flexibility index (Phi) is 5.67. The van der Waals surface area contributed by atoms with Crippen LogP contribution in [0.25, 0.3) is 0 Å². The van der Waals surface area contributed by atoms with Crippen LogP contribution in [-0.2, 0) is 4.79 Å². The lowest BCUT2D eigenvalue weighted by Crippen LogP contribution is -2.48. The van der Waals surface area contributed by atoms with Crippen LogP contribution in [0.1, 0.15) is 45.4 Å². The Hall–Kier alpha value is -0.610. The number of aliphatic carboxylic acids is 1. The summed E-state index contributed by atoms with van der Waals surface area (Å²) in [5, 5.41) is 9.77. The Morgan fingerprint density at radius 2 is 1.95 bits per heavy atom. The van der Waals surface area contributed by atoms with E-state index in [0.717, 1.165) is 51.4 Å². The van der Waals surface area contributed by atoms with Gasteiger partial charge in [-0.3, -0.25) is 4.79 Å². The maximum absolute atomic E-state index is 11.9. The lowest BCUT2D eigenvalue weighted by atomic mass is 9.69. The maximum atomic E-state index is 11.9. The first-order valence-electron chi connectivity index (χ1n) is 8.52. The monoisotopic (exact) mass is 296 g/mol. The van der Waals surface area contributed by atoms with Crippen LogP contribution in [0.4, 0.5) is 0 Å². The molecule has 21 heavy (non-hydrogen) atoms. The van der Waals surface area contributed by atoms with Crippen molar-refractivity contribution < 1.29 is 9.90 Å². The van der Waals surface area contributed by atoms with Crippen molar-refractivity contribution in [2.24, 2.45) is 17.3 Å². The fourth-order valence-corrected chi connectivity index (χ4v) is 4.34. The third-order valence-electron chi connectivity index (χ3n) is 5.40. The molecule has 1 heterocycles. The highest BCUT2D eigenvalue weighted by Crippen LogP contribution is 2.40. The molecule has 2 aliphatic rings. The average molecular weight is 296 g/mol. The van der Waals surface area contributed by atoms with Gasteiger partial charge in [-0.25, -0.2) is 0 Å². The lowest BCUT2D eigenvalue weighted by Gasteiger charge is -2.42. The zero-order valence-electron chi connectivity index (χ0n) is 14.0. The Morgan fingerprint density at radius 1 is 1.29 bits per heavy atom. The van der Waals surface area contributed by atoms with Crippen molar-refractivity contribution in [3.8, 4) is 0 Å². The second-order valence-electron chi connectivity index (χ2n) is 7.77. The summed E-state index contributed by atoms with van der Waals surface area (Å²) in [6.07, 6.45) is 6.42. The van der Waals surface area contributed by atoms with Gasteiger partial charge < -0.3 is 14.9 Å². The quantitative estimate of drug-likeness (QED) is 0.847. The van der Waals surface area contributed by atoms with Gasteiger partial charge in [-0.1, -0.05) is 19.8 Å². The number of likely N-dealkylation sites (tertiary alicyclic amines) is 1. The summed E-state index contributed by atoms with van der Waals surface area (Å²) >= 11 is 0. The van der Waals surface area contributed by atoms with Crippen molar-refractivity contribution in [1.29, 1.82) is 0 Å². The number of rotatable bonds is 5. The van der Waals surface area contributed by atoms with Crippen molar-refractivity contribution in [3.63, 3.8) is 0 Å². The summed E-state index contributed by atoms with van der Waals surface area (Å²) in [5.74, 6) is 0.771. The molecule has 1 N–H and O–H groups in total. The van der Waals surface area contributed by atoms with Gasteiger partial charge in [0.05, 0.1) is 5.41 Å². The third kappa shape index (κ3) is 4.43. The minimum atomic E-state index is -0.565. The van der Waals surface area contributed by atoms with Crippen molar-refractivity contribution in [3.05, 3.63) is 0 Å². The van der Waals surface area contributed by atoms with Crippen LogP contribution in [0.5, 0.6) is 0 Å². The molecule has 122 valence electrons. The highest BCUT2D eigenvalue weighted by molar-refractivity contribution is 5.75. The summed E-state index contributed by atoms with van der Waals surface area (Å²) in [6, 6.07) is 0. The Labute approximate surface area is 129 Å². The van der Waals surface area contributed by atoms with Gasteiger partial charge in [0.25, 0.3) is 0 Å². The van der Waals surface area contributed by atoms with E-state index in [1.165, 1.54) is 19.3 Å². The molecule has 1 aliphatic carbocycles. The molecule has 0 aromatic heterocycles. The first-order chi connectivity index (χ1) is 9.91. The molecular formula is C17H32N2O2. The number of carbonyl (C=O) groups is 1. The predicted octanol–water partition coefficient (Wildman–Crippen LogP) is 2.54. The molecule has 0 aromatic rings. The van der Waals surface area contributed by atoms with E-state index in [2.05, 4.69) is 30.8 Å². The van der Waals surface area contributed by atoms with Crippen LogP contribution in [-0.4, -0.2) is 61.2 Å². The molecule has 1 saturated heterocycles. The van der Waals surface area contributed by atoms with Crippen LogP contribution in [0.15, 0.2) is 0 Å². The highest BCUT2D eigenvalue weighted by Gasteiger charge is 2.43. The molecule has 0 amide bonds. The van der Waals surface area contributed by atoms with E-state index >= 15 is 0 Å². The van der Waals surface area contributed by atoms with E-state index in [0.29, 0.717) is 5.92 Å². The first-order valence-corrected chi connectivity index (χ1v) is 8.52. The molecule has 1 aliphatic heterocycles. The summed E-state index contributed by atoms with van der Waals surface area (Å²) in [6.45, 7) is 6.28. The number of hydrogen-bond acceptors (Lipinski definition) is 3. The van der Waals surface area contributed by atoms with E-state index in [1.807, 2.05) is 0 Å². The average Bonchev–Trinajstić information content (AvgIpc) is 2.40. The van der Waals surface area contributed by atoms with Crippen molar-refractivity contribution in [2.75, 3.05) is 40.3 Å². The normalized spacial score (nSPS) is 32.5. The molecule has 4 nitrogen and oxygen atoms in total. The van der Waals surface area contributed by atoms with E-state index < -0.39 is 11.4 Å². The molecule has 2 fully saturated rings. The number of carboxylic acids is 1. The van der Waals surface area contributed by atoms with Gasteiger partial charge >= 0.3 is 5.97 Å². The molecule has 2 atom stereocenters. The van der Waals surface area contributed by atoms with Crippen LogP contribution in [0.2, 0.25) is 0 Å². The van der Waals surface area contributed by atoms with Crippen LogP contribution in [0, 0.1) is 17.3 Å². The van der Waals surface area contributed by atoms with E-state index in [-0.39, 0.29) is 0 Å². The molecule has 0 radical (unpaired) electrons. The fraction of sp³-hybridized carbons (Fsp3) is 0.941. The zero-order chi connectivity index (χ0) is 15.5. The first kappa shape index (κ1) is 16.8. The number of hydrogen-bond donors (Lipinski definition) is 1. The second-order valence-corrected chi connectivity index (χ2v) is 7.77. The molecule has 4 heteroatoms. The van der Waals surface area contributed by atoms with Gasteiger partial charge in [-0.2, -0.15) is 0 Å². The van der Waals surface area contributed by atoms with Gasteiger partial charge in [-0.05, 0) is 64.7 Å². The standard InChI is InChI=1S/C17H32N2O2/c1-14-5-4-8-17(11-14,16(20)21)13-19-9-6-15(7-10-19)12-18(2)3/h14-15H,4-13H2,1-3H3,(H,20,21). The van der Waals surface area contributed by atoms with E-state index in [4.69, 9.17) is 0 Å². The minimum Gasteiger partial charge on any atom is -0.481 e. The van der Waals surface area contributed by atoms with Gasteiger partial charge in [0, 0.05) is 13.1 Å². The van der Waals surface area contributed by atoms with Crippen molar-refractivity contribution >= 4 is 5.97 Å². The Bertz CT molecular complexity index is 351. The van der Waals surface area contributed by atoms with Gasteiger partial charge in [0.2, 0.25) is 0 Å². The molecule has 2 rings (SSSR count). The van der Waals surface area contributed by atoms with Crippen LogP contribution < -0.4 is 0 Å².